The van der Waals surface area contributed by atoms with Crippen molar-refractivity contribution in [3.05, 3.63) is 24.0 Å². The van der Waals surface area contributed by atoms with Crippen LogP contribution in [0.3, 0.4) is 0 Å². The van der Waals surface area contributed by atoms with Crippen LogP contribution in [0, 0.1) is 0 Å². The van der Waals surface area contributed by atoms with Crippen LogP contribution in [0.5, 0.6) is 0 Å². The maximum atomic E-state index is 11.5. The molecule has 0 fully saturated rings. The van der Waals surface area contributed by atoms with Crippen molar-refractivity contribution in [2.75, 3.05) is 12.3 Å². The third-order valence-corrected chi connectivity index (χ3v) is 2.27. The van der Waals surface area contributed by atoms with Gasteiger partial charge in [-0.25, -0.2) is 0 Å². The molecule has 0 spiro atoms. The number of anilines is 1. The number of carbonyl (C=O) groups excluding carboxylic acids is 1. The van der Waals surface area contributed by atoms with Crippen molar-refractivity contribution in [3.63, 3.8) is 0 Å². The molecule has 0 saturated heterocycles. The summed E-state index contributed by atoms with van der Waals surface area (Å²) >= 11 is 0. The maximum Gasteiger partial charge on any atom is 0.226 e. The van der Waals surface area contributed by atoms with Gasteiger partial charge in [0.1, 0.15) is 0 Å². The SMILES string of the molecule is CC[C@@H](CO)NC(=O)Cc1ccc(N)cn1. The van der Waals surface area contributed by atoms with E-state index in [2.05, 4.69) is 10.3 Å². The molecular weight excluding hydrogens is 206 g/mol. The van der Waals surface area contributed by atoms with E-state index in [4.69, 9.17) is 10.8 Å². The van der Waals surface area contributed by atoms with Gasteiger partial charge in [-0.15, -0.1) is 0 Å². The topological polar surface area (TPSA) is 88.2 Å². The normalized spacial score (nSPS) is 12.1. The Hall–Kier alpha value is -1.62. The summed E-state index contributed by atoms with van der Waals surface area (Å²) in [5.74, 6) is -0.141. The molecule has 1 amide bonds. The van der Waals surface area contributed by atoms with Gasteiger partial charge in [-0.3, -0.25) is 9.78 Å². The Balaban J connectivity index is 2.48. The smallest absolute Gasteiger partial charge is 0.226 e. The highest BCUT2D eigenvalue weighted by molar-refractivity contribution is 5.78. The molecule has 5 heteroatoms. The lowest BCUT2D eigenvalue weighted by atomic mass is 10.2. The Labute approximate surface area is 94.7 Å². The minimum absolute atomic E-state index is 0.0442. The lowest BCUT2D eigenvalue weighted by molar-refractivity contribution is -0.121. The Morgan fingerprint density at radius 1 is 1.62 bits per heavy atom. The number of nitrogens with zero attached hydrogens (tertiary/aromatic N) is 1. The largest absolute Gasteiger partial charge is 0.397 e. The molecule has 0 saturated carbocycles. The number of aliphatic hydroxyl groups excluding tert-OH is 1. The summed E-state index contributed by atoms with van der Waals surface area (Å²) in [5, 5.41) is 11.6. The summed E-state index contributed by atoms with van der Waals surface area (Å²) < 4.78 is 0. The number of amides is 1. The summed E-state index contributed by atoms with van der Waals surface area (Å²) in [6.07, 6.45) is 2.43. The van der Waals surface area contributed by atoms with Crippen LogP contribution < -0.4 is 11.1 Å². The Morgan fingerprint density at radius 3 is 2.88 bits per heavy atom. The van der Waals surface area contributed by atoms with Gasteiger partial charge in [0.2, 0.25) is 5.91 Å². The highest BCUT2D eigenvalue weighted by Crippen LogP contribution is 2.02. The van der Waals surface area contributed by atoms with E-state index in [1.54, 1.807) is 12.1 Å². The zero-order valence-corrected chi connectivity index (χ0v) is 9.31. The first kappa shape index (κ1) is 12.4. The number of nitrogen functional groups attached to an aromatic ring is 1. The Bertz CT molecular complexity index is 334. The molecule has 1 aromatic rings. The molecule has 4 N–H and O–H groups in total. The molecule has 1 rings (SSSR count). The van der Waals surface area contributed by atoms with Crippen LogP contribution in [-0.4, -0.2) is 28.6 Å². The zero-order chi connectivity index (χ0) is 12.0. The first-order valence-corrected chi connectivity index (χ1v) is 5.26. The number of carbonyl (C=O) groups is 1. The first-order chi connectivity index (χ1) is 7.65. The van der Waals surface area contributed by atoms with E-state index in [1.807, 2.05) is 6.92 Å². The third kappa shape index (κ3) is 3.86. The van der Waals surface area contributed by atoms with Crippen LogP contribution in [0.2, 0.25) is 0 Å². The Kier molecular flexibility index (Phi) is 4.72. The van der Waals surface area contributed by atoms with E-state index >= 15 is 0 Å². The molecule has 0 aromatic carbocycles. The molecule has 0 aliphatic carbocycles. The number of aromatic nitrogens is 1. The number of hydrogen-bond acceptors (Lipinski definition) is 4. The minimum atomic E-state index is -0.179. The van der Waals surface area contributed by atoms with Crippen LogP contribution in [0.1, 0.15) is 19.0 Å². The number of pyridine rings is 1. The van der Waals surface area contributed by atoms with E-state index in [0.29, 0.717) is 17.8 Å². The molecule has 0 unspecified atom stereocenters. The second-order valence-electron chi connectivity index (χ2n) is 3.61. The van der Waals surface area contributed by atoms with Crippen LogP contribution in [0.15, 0.2) is 18.3 Å². The average molecular weight is 223 g/mol. The van der Waals surface area contributed by atoms with Gasteiger partial charge < -0.3 is 16.2 Å². The molecule has 0 bridgehead atoms. The molecule has 1 aromatic heterocycles. The number of nitrogens with two attached hydrogens (primary N) is 1. The quantitative estimate of drug-likeness (QED) is 0.660. The van der Waals surface area contributed by atoms with Gasteiger partial charge in [-0.1, -0.05) is 6.92 Å². The monoisotopic (exact) mass is 223 g/mol. The number of nitrogens with one attached hydrogen (secondary N) is 1. The van der Waals surface area contributed by atoms with Crippen molar-refractivity contribution >= 4 is 11.6 Å². The summed E-state index contributed by atoms with van der Waals surface area (Å²) in [5.41, 5.74) is 6.73. The van der Waals surface area contributed by atoms with Crippen molar-refractivity contribution in [3.8, 4) is 0 Å². The predicted octanol–water partition coefficient (Wildman–Crippen LogP) is 0.0934. The van der Waals surface area contributed by atoms with Gasteiger partial charge >= 0.3 is 0 Å². The lowest BCUT2D eigenvalue weighted by Gasteiger charge is -2.13. The van der Waals surface area contributed by atoms with E-state index < -0.39 is 0 Å². The second-order valence-corrected chi connectivity index (χ2v) is 3.61. The predicted molar refractivity (Wildman–Crippen MR) is 61.7 cm³/mol. The minimum Gasteiger partial charge on any atom is -0.397 e. The van der Waals surface area contributed by atoms with E-state index in [0.717, 1.165) is 0 Å². The fourth-order valence-corrected chi connectivity index (χ4v) is 1.26. The Morgan fingerprint density at radius 2 is 2.38 bits per heavy atom. The third-order valence-electron chi connectivity index (χ3n) is 2.27. The molecule has 1 atom stereocenters. The van der Waals surface area contributed by atoms with Gasteiger partial charge in [0.05, 0.1) is 31.0 Å². The highest BCUT2D eigenvalue weighted by Gasteiger charge is 2.09. The zero-order valence-electron chi connectivity index (χ0n) is 9.31. The molecule has 88 valence electrons. The summed E-state index contributed by atoms with van der Waals surface area (Å²) in [6, 6.07) is 3.25. The molecular formula is C11H17N3O2. The lowest BCUT2D eigenvalue weighted by Crippen LogP contribution is -2.37. The summed E-state index contributed by atoms with van der Waals surface area (Å²) in [7, 11) is 0. The number of rotatable bonds is 5. The van der Waals surface area contributed by atoms with Crippen molar-refractivity contribution in [2.24, 2.45) is 0 Å². The first-order valence-electron chi connectivity index (χ1n) is 5.26. The van der Waals surface area contributed by atoms with Gasteiger partial charge in [0.15, 0.2) is 0 Å². The molecule has 1 heterocycles. The van der Waals surface area contributed by atoms with Crippen molar-refractivity contribution in [1.29, 1.82) is 0 Å². The fourth-order valence-electron chi connectivity index (χ4n) is 1.26. The summed E-state index contributed by atoms with van der Waals surface area (Å²) in [4.78, 5) is 15.6. The molecule has 0 aliphatic rings. The summed E-state index contributed by atoms with van der Waals surface area (Å²) in [6.45, 7) is 1.86. The maximum absolute atomic E-state index is 11.5. The second kappa shape index (κ2) is 6.07. The molecule has 0 radical (unpaired) electrons. The highest BCUT2D eigenvalue weighted by atomic mass is 16.3. The number of hydrogen-bond donors (Lipinski definition) is 3. The van der Waals surface area contributed by atoms with Crippen molar-refractivity contribution in [1.82, 2.24) is 10.3 Å². The van der Waals surface area contributed by atoms with Crippen LogP contribution in [-0.2, 0) is 11.2 Å². The van der Waals surface area contributed by atoms with Gasteiger partial charge in [0.25, 0.3) is 0 Å². The molecule has 16 heavy (non-hydrogen) atoms. The average Bonchev–Trinajstić information content (AvgIpc) is 2.29. The van der Waals surface area contributed by atoms with E-state index in [9.17, 15) is 4.79 Å². The fraction of sp³-hybridized carbons (Fsp3) is 0.455. The number of aliphatic hydroxyl groups is 1. The van der Waals surface area contributed by atoms with Crippen LogP contribution in [0.4, 0.5) is 5.69 Å². The molecule has 5 nitrogen and oxygen atoms in total. The standard InChI is InChI=1S/C11H17N3O2/c1-2-9(7-15)14-11(16)5-10-4-3-8(12)6-13-10/h3-4,6,9,15H,2,5,7,12H2,1H3,(H,14,16)/t9-/m0/s1. The van der Waals surface area contributed by atoms with Gasteiger partial charge in [0, 0.05) is 5.69 Å². The van der Waals surface area contributed by atoms with E-state index in [-0.39, 0.29) is 25.0 Å². The van der Waals surface area contributed by atoms with Crippen LogP contribution in [0.25, 0.3) is 0 Å². The van der Waals surface area contributed by atoms with Gasteiger partial charge in [-0.2, -0.15) is 0 Å². The van der Waals surface area contributed by atoms with Gasteiger partial charge in [-0.05, 0) is 18.6 Å². The van der Waals surface area contributed by atoms with Crippen molar-refractivity contribution in [2.45, 2.75) is 25.8 Å². The van der Waals surface area contributed by atoms with Crippen molar-refractivity contribution < 1.29 is 9.90 Å². The molecule has 0 aliphatic heterocycles. The van der Waals surface area contributed by atoms with Crippen LogP contribution >= 0.6 is 0 Å². The van der Waals surface area contributed by atoms with E-state index in [1.165, 1.54) is 6.20 Å².